The van der Waals surface area contributed by atoms with Gasteiger partial charge in [0.25, 0.3) is 0 Å². The molecule has 4 heteroatoms. The number of carbonyl (C=O) groups excluding carboxylic acids is 1. The summed E-state index contributed by atoms with van der Waals surface area (Å²) in [5.41, 5.74) is 0. The third kappa shape index (κ3) is 5.19. The Hall–Kier alpha value is -0.610. The van der Waals surface area contributed by atoms with E-state index in [0.29, 0.717) is 0 Å². The third-order valence-electron chi connectivity index (χ3n) is 2.35. The van der Waals surface area contributed by atoms with Gasteiger partial charge in [-0.15, -0.1) is 0 Å². The molecule has 0 aliphatic heterocycles. The summed E-state index contributed by atoms with van der Waals surface area (Å²) in [4.78, 5) is 13.3. The minimum atomic E-state index is -0.158. The van der Waals surface area contributed by atoms with Gasteiger partial charge in [-0.25, -0.2) is 0 Å². The molecule has 1 N–H and O–H groups in total. The van der Waals surface area contributed by atoms with Crippen molar-refractivity contribution in [3.8, 4) is 0 Å². The van der Waals surface area contributed by atoms with Gasteiger partial charge in [0.15, 0.2) is 0 Å². The fraction of sp³-hybridized carbons (Fsp3) is 0.900. The number of hydrogen-bond acceptors (Lipinski definition) is 4. The van der Waals surface area contributed by atoms with Crippen LogP contribution in [-0.4, -0.2) is 51.2 Å². The minimum Gasteiger partial charge on any atom is -0.469 e. The largest absolute Gasteiger partial charge is 0.469 e. The van der Waals surface area contributed by atoms with Crippen molar-refractivity contribution in [2.24, 2.45) is 5.92 Å². The fourth-order valence-electron chi connectivity index (χ4n) is 1.08. The van der Waals surface area contributed by atoms with Crippen LogP contribution in [0, 0.1) is 5.92 Å². The van der Waals surface area contributed by atoms with Crippen LogP contribution in [0.3, 0.4) is 0 Å². The molecule has 0 fully saturated rings. The van der Waals surface area contributed by atoms with Crippen LogP contribution in [0.25, 0.3) is 0 Å². The van der Waals surface area contributed by atoms with Gasteiger partial charge in [0.2, 0.25) is 0 Å². The summed E-state index contributed by atoms with van der Waals surface area (Å²) in [6, 6.07) is 0.155. The smallest absolute Gasteiger partial charge is 0.309 e. The average Bonchev–Trinajstić information content (AvgIpc) is 2.14. The third-order valence-corrected chi connectivity index (χ3v) is 2.35. The number of esters is 1. The number of rotatable bonds is 6. The lowest BCUT2D eigenvalue weighted by Crippen LogP contribution is -2.39. The zero-order valence-electron chi connectivity index (χ0n) is 9.83. The lowest BCUT2D eigenvalue weighted by molar-refractivity contribution is -0.145. The molecule has 2 atom stereocenters. The molecule has 0 aliphatic rings. The number of nitrogens with zero attached hydrogens (tertiary/aromatic N) is 1. The molecular formula is C10H22N2O2. The molecule has 0 aromatic carbocycles. The Morgan fingerprint density at radius 3 is 2.43 bits per heavy atom. The highest BCUT2D eigenvalue weighted by Crippen LogP contribution is 2.03. The number of likely N-dealkylation sites (N-methyl/N-ethyl adjacent to an activating group) is 1. The van der Waals surface area contributed by atoms with E-state index in [-0.39, 0.29) is 17.9 Å². The van der Waals surface area contributed by atoms with E-state index in [2.05, 4.69) is 15.0 Å². The molecule has 0 bridgehead atoms. The number of ether oxygens (including phenoxy) is 1. The molecule has 0 spiro atoms. The lowest BCUT2D eigenvalue weighted by atomic mass is 10.0. The van der Waals surface area contributed by atoms with Gasteiger partial charge >= 0.3 is 5.97 Å². The molecule has 84 valence electrons. The molecule has 0 rings (SSSR count). The Balaban J connectivity index is 3.72. The van der Waals surface area contributed by atoms with Gasteiger partial charge in [0.05, 0.1) is 13.0 Å². The average molecular weight is 202 g/mol. The van der Waals surface area contributed by atoms with Gasteiger partial charge in [-0.05, 0) is 21.0 Å². The van der Waals surface area contributed by atoms with Crippen LogP contribution in [0.2, 0.25) is 0 Å². The lowest BCUT2D eigenvalue weighted by Gasteiger charge is -2.20. The van der Waals surface area contributed by atoms with Crippen LogP contribution in [0.4, 0.5) is 0 Å². The Labute approximate surface area is 86.6 Å². The van der Waals surface area contributed by atoms with Crippen molar-refractivity contribution in [3.63, 3.8) is 0 Å². The normalized spacial score (nSPS) is 15.3. The Morgan fingerprint density at radius 2 is 2.00 bits per heavy atom. The summed E-state index contributed by atoms with van der Waals surface area (Å²) in [5, 5.41) is 3.29. The van der Waals surface area contributed by atoms with E-state index >= 15 is 0 Å². The molecule has 0 heterocycles. The van der Waals surface area contributed by atoms with E-state index in [0.717, 1.165) is 13.1 Å². The minimum absolute atomic E-state index is 0.0952. The van der Waals surface area contributed by atoms with E-state index in [4.69, 9.17) is 0 Å². The Bertz CT molecular complexity index is 172. The summed E-state index contributed by atoms with van der Waals surface area (Å²) < 4.78 is 4.67. The van der Waals surface area contributed by atoms with Gasteiger partial charge < -0.3 is 15.0 Å². The number of hydrogen-bond donors (Lipinski definition) is 1. The first-order valence-corrected chi connectivity index (χ1v) is 4.95. The quantitative estimate of drug-likeness (QED) is 0.630. The van der Waals surface area contributed by atoms with Crippen LogP contribution >= 0.6 is 0 Å². The molecule has 0 saturated heterocycles. The first-order chi connectivity index (χ1) is 6.49. The molecule has 0 saturated carbocycles. The molecule has 0 radical (unpaired) electrons. The van der Waals surface area contributed by atoms with Gasteiger partial charge in [0, 0.05) is 19.1 Å². The number of nitrogens with one attached hydrogen (secondary N) is 1. The number of methoxy groups -OCH3 is 1. The van der Waals surface area contributed by atoms with Gasteiger partial charge in [-0.3, -0.25) is 4.79 Å². The summed E-state index contributed by atoms with van der Waals surface area (Å²) in [6.45, 7) is 5.73. The maximum absolute atomic E-state index is 11.2. The summed E-state index contributed by atoms with van der Waals surface area (Å²) in [7, 11) is 5.47. The second kappa shape index (κ2) is 6.79. The Morgan fingerprint density at radius 1 is 1.43 bits per heavy atom. The topological polar surface area (TPSA) is 41.6 Å². The fourth-order valence-corrected chi connectivity index (χ4v) is 1.08. The Kier molecular flexibility index (Phi) is 6.49. The van der Waals surface area contributed by atoms with E-state index in [9.17, 15) is 4.79 Å². The standard InChI is InChI=1S/C10H22N2O2/c1-8(10(13)14-5)9(2)11-6-7-12(3)4/h8-9,11H,6-7H2,1-5H3. The number of carbonyl (C=O) groups is 1. The maximum atomic E-state index is 11.2. The predicted molar refractivity (Wildman–Crippen MR) is 57.2 cm³/mol. The molecular weight excluding hydrogens is 180 g/mol. The van der Waals surface area contributed by atoms with Crippen molar-refractivity contribution in [2.75, 3.05) is 34.3 Å². The molecule has 0 aromatic heterocycles. The van der Waals surface area contributed by atoms with Crippen molar-refractivity contribution in [1.29, 1.82) is 0 Å². The maximum Gasteiger partial charge on any atom is 0.309 e. The first-order valence-electron chi connectivity index (χ1n) is 4.95. The predicted octanol–water partition coefficient (Wildman–Crippen LogP) is 0.335. The molecule has 0 amide bonds. The van der Waals surface area contributed by atoms with Crippen LogP contribution < -0.4 is 5.32 Å². The first kappa shape index (κ1) is 13.4. The van der Waals surface area contributed by atoms with E-state index in [1.807, 2.05) is 27.9 Å². The highest BCUT2D eigenvalue weighted by molar-refractivity contribution is 5.72. The molecule has 2 unspecified atom stereocenters. The van der Waals surface area contributed by atoms with E-state index < -0.39 is 0 Å². The van der Waals surface area contributed by atoms with Crippen molar-refractivity contribution in [3.05, 3.63) is 0 Å². The molecule has 0 aromatic rings. The van der Waals surface area contributed by atoms with E-state index in [1.54, 1.807) is 0 Å². The summed E-state index contributed by atoms with van der Waals surface area (Å²) >= 11 is 0. The van der Waals surface area contributed by atoms with Crippen molar-refractivity contribution in [2.45, 2.75) is 19.9 Å². The zero-order chi connectivity index (χ0) is 11.1. The molecule has 14 heavy (non-hydrogen) atoms. The molecule has 4 nitrogen and oxygen atoms in total. The second-order valence-electron chi connectivity index (χ2n) is 3.86. The monoisotopic (exact) mass is 202 g/mol. The van der Waals surface area contributed by atoms with Crippen LogP contribution in [-0.2, 0) is 9.53 Å². The van der Waals surface area contributed by atoms with Crippen LogP contribution in [0.5, 0.6) is 0 Å². The van der Waals surface area contributed by atoms with Crippen LogP contribution in [0.1, 0.15) is 13.8 Å². The SMILES string of the molecule is COC(=O)C(C)C(C)NCCN(C)C. The van der Waals surface area contributed by atoms with Crippen molar-refractivity contribution < 1.29 is 9.53 Å². The van der Waals surface area contributed by atoms with Gasteiger partial charge in [0.1, 0.15) is 0 Å². The van der Waals surface area contributed by atoms with E-state index in [1.165, 1.54) is 7.11 Å². The van der Waals surface area contributed by atoms with Gasteiger partial charge in [-0.1, -0.05) is 6.92 Å². The second-order valence-corrected chi connectivity index (χ2v) is 3.86. The summed E-state index contributed by atoms with van der Waals surface area (Å²) in [6.07, 6.45) is 0. The highest BCUT2D eigenvalue weighted by Gasteiger charge is 2.19. The summed E-state index contributed by atoms with van der Waals surface area (Å²) in [5.74, 6) is -0.253. The molecule has 0 aliphatic carbocycles. The zero-order valence-corrected chi connectivity index (χ0v) is 9.83. The van der Waals surface area contributed by atoms with Crippen LogP contribution in [0.15, 0.2) is 0 Å². The van der Waals surface area contributed by atoms with Crippen molar-refractivity contribution >= 4 is 5.97 Å². The highest BCUT2D eigenvalue weighted by atomic mass is 16.5. The van der Waals surface area contributed by atoms with Gasteiger partial charge in [-0.2, -0.15) is 0 Å². The van der Waals surface area contributed by atoms with Crippen molar-refractivity contribution in [1.82, 2.24) is 10.2 Å².